The standard InChI is InChI=1S/C14H15N3O3/c1-16(10-11-5-7-12(20-2)8-6-11)14-13(17(18)19)4-3-9-15-14/h3-9H,10H2,1-2H3. The Morgan fingerprint density at radius 2 is 2.00 bits per heavy atom. The van der Waals surface area contributed by atoms with Crippen LogP contribution < -0.4 is 9.64 Å². The van der Waals surface area contributed by atoms with Gasteiger partial charge in [-0.05, 0) is 23.8 Å². The van der Waals surface area contributed by atoms with Crippen LogP contribution in [0.5, 0.6) is 5.75 Å². The third kappa shape index (κ3) is 3.03. The molecule has 1 heterocycles. The topological polar surface area (TPSA) is 68.5 Å². The van der Waals surface area contributed by atoms with Gasteiger partial charge in [0.25, 0.3) is 0 Å². The molecule has 0 amide bonds. The summed E-state index contributed by atoms with van der Waals surface area (Å²) in [5, 5.41) is 11.0. The molecular formula is C14H15N3O3. The molecule has 1 aromatic carbocycles. The maximum atomic E-state index is 11.0. The number of nitrogens with zero attached hydrogens (tertiary/aromatic N) is 3. The maximum absolute atomic E-state index is 11.0. The van der Waals surface area contributed by atoms with Crippen LogP contribution in [0, 0.1) is 10.1 Å². The number of methoxy groups -OCH3 is 1. The summed E-state index contributed by atoms with van der Waals surface area (Å²) in [4.78, 5) is 16.4. The smallest absolute Gasteiger partial charge is 0.311 e. The number of hydrogen-bond donors (Lipinski definition) is 0. The van der Waals surface area contributed by atoms with E-state index in [1.165, 1.54) is 6.07 Å². The van der Waals surface area contributed by atoms with Crippen LogP contribution in [0.4, 0.5) is 11.5 Å². The van der Waals surface area contributed by atoms with E-state index in [1.807, 2.05) is 24.3 Å². The van der Waals surface area contributed by atoms with Crippen LogP contribution in [0.3, 0.4) is 0 Å². The lowest BCUT2D eigenvalue weighted by atomic mass is 10.2. The molecule has 0 unspecified atom stereocenters. The van der Waals surface area contributed by atoms with Crippen molar-refractivity contribution in [3.63, 3.8) is 0 Å². The van der Waals surface area contributed by atoms with E-state index in [1.54, 1.807) is 31.3 Å². The summed E-state index contributed by atoms with van der Waals surface area (Å²) in [6, 6.07) is 10.6. The van der Waals surface area contributed by atoms with Crippen molar-refractivity contribution in [2.45, 2.75) is 6.54 Å². The summed E-state index contributed by atoms with van der Waals surface area (Å²) in [5.41, 5.74) is 1.02. The van der Waals surface area contributed by atoms with Crippen molar-refractivity contribution in [2.24, 2.45) is 0 Å². The number of rotatable bonds is 5. The van der Waals surface area contributed by atoms with E-state index in [0.717, 1.165) is 11.3 Å². The van der Waals surface area contributed by atoms with Crippen LogP contribution in [0.15, 0.2) is 42.6 Å². The SMILES string of the molecule is COc1ccc(CN(C)c2ncccc2[N+](=O)[O-])cc1. The lowest BCUT2D eigenvalue weighted by Crippen LogP contribution is -2.18. The van der Waals surface area contributed by atoms with E-state index in [2.05, 4.69) is 4.98 Å². The summed E-state index contributed by atoms with van der Waals surface area (Å²) in [6.45, 7) is 0.530. The molecule has 6 heteroatoms. The van der Waals surface area contributed by atoms with E-state index in [-0.39, 0.29) is 5.69 Å². The summed E-state index contributed by atoms with van der Waals surface area (Å²) in [5.74, 6) is 1.13. The highest BCUT2D eigenvalue weighted by molar-refractivity contribution is 5.57. The van der Waals surface area contributed by atoms with Gasteiger partial charge in [0, 0.05) is 25.9 Å². The van der Waals surface area contributed by atoms with Crippen molar-refractivity contribution in [3.05, 3.63) is 58.3 Å². The zero-order chi connectivity index (χ0) is 14.5. The lowest BCUT2D eigenvalue weighted by molar-refractivity contribution is -0.384. The first-order valence-electron chi connectivity index (χ1n) is 6.05. The third-order valence-electron chi connectivity index (χ3n) is 2.90. The highest BCUT2D eigenvalue weighted by atomic mass is 16.6. The first-order valence-corrected chi connectivity index (χ1v) is 6.05. The van der Waals surface area contributed by atoms with Gasteiger partial charge in [-0.15, -0.1) is 0 Å². The minimum absolute atomic E-state index is 0.00325. The van der Waals surface area contributed by atoms with Gasteiger partial charge in [0.1, 0.15) is 5.75 Å². The fourth-order valence-electron chi connectivity index (χ4n) is 1.90. The summed E-state index contributed by atoms with van der Waals surface area (Å²) < 4.78 is 5.09. The van der Waals surface area contributed by atoms with Crippen LogP contribution >= 0.6 is 0 Å². The Kier molecular flexibility index (Phi) is 4.14. The molecule has 0 aliphatic rings. The van der Waals surface area contributed by atoms with Crippen LogP contribution in [0.25, 0.3) is 0 Å². The zero-order valence-electron chi connectivity index (χ0n) is 11.3. The lowest BCUT2D eigenvalue weighted by Gasteiger charge is -2.18. The van der Waals surface area contributed by atoms with Gasteiger partial charge in [0.05, 0.1) is 12.0 Å². The Morgan fingerprint density at radius 3 is 2.60 bits per heavy atom. The number of nitro groups is 1. The molecule has 2 aromatic rings. The summed E-state index contributed by atoms with van der Waals surface area (Å²) in [7, 11) is 3.39. The molecule has 6 nitrogen and oxygen atoms in total. The molecule has 0 bridgehead atoms. The van der Waals surface area contributed by atoms with Crippen molar-refractivity contribution in [2.75, 3.05) is 19.1 Å². The number of ether oxygens (including phenoxy) is 1. The fourth-order valence-corrected chi connectivity index (χ4v) is 1.90. The van der Waals surface area contributed by atoms with Crippen molar-refractivity contribution >= 4 is 11.5 Å². The van der Waals surface area contributed by atoms with Gasteiger partial charge >= 0.3 is 5.69 Å². The first kappa shape index (κ1) is 13.8. The van der Waals surface area contributed by atoms with Gasteiger partial charge in [0.2, 0.25) is 5.82 Å². The van der Waals surface area contributed by atoms with E-state index < -0.39 is 4.92 Å². The Balaban J connectivity index is 2.19. The molecular weight excluding hydrogens is 258 g/mol. The molecule has 0 aliphatic carbocycles. The quantitative estimate of drug-likeness (QED) is 0.618. The van der Waals surface area contributed by atoms with Crippen LogP contribution in [0.2, 0.25) is 0 Å². The van der Waals surface area contributed by atoms with Crippen LogP contribution in [-0.4, -0.2) is 24.1 Å². The highest BCUT2D eigenvalue weighted by Gasteiger charge is 2.17. The van der Waals surface area contributed by atoms with Crippen molar-refractivity contribution in [1.29, 1.82) is 0 Å². The van der Waals surface area contributed by atoms with Crippen molar-refractivity contribution in [3.8, 4) is 5.75 Å². The summed E-state index contributed by atoms with van der Waals surface area (Å²) in [6.07, 6.45) is 1.55. The molecule has 0 atom stereocenters. The minimum Gasteiger partial charge on any atom is -0.497 e. The third-order valence-corrected chi connectivity index (χ3v) is 2.90. The second kappa shape index (κ2) is 6.01. The molecule has 0 radical (unpaired) electrons. The Morgan fingerprint density at radius 1 is 1.30 bits per heavy atom. The summed E-state index contributed by atoms with van der Waals surface area (Å²) >= 11 is 0. The molecule has 1 aromatic heterocycles. The van der Waals surface area contributed by atoms with Crippen molar-refractivity contribution < 1.29 is 9.66 Å². The number of anilines is 1. The Hall–Kier alpha value is -2.63. The zero-order valence-corrected chi connectivity index (χ0v) is 11.3. The van der Waals surface area contributed by atoms with Gasteiger partial charge in [-0.3, -0.25) is 10.1 Å². The monoisotopic (exact) mass is 273 g/mol. The maximum Gasteiger partial charge on any atom is 0.311 e. The molecule has 20 heavy (non-hydrogen) atoms. The fraction of sp³-hybridized carbons (Fsp3) is 0.214. The second-order valence-electron chi connectivity index (χ2n) is 4.31. The molecule has 0 aliphatic heterocycles. The largest absolute Gasteiger partial charge is 0.497 e. The van der Waals surface area contributed by atoms with E-state index in [9.17, 15) is 10.1 Å². The average Bonchev–Trinajstić information content (AvgIpc) is 2.48. The van der Waals surface area contributed by atoms with Crippen molar-refractivity contribution in [1.82, 2.24) is 4.98 Å². The van der Waals surface area contributed by atoms with E-state index >= 15 is 0 Å². The average molecular weight is 273 g/mol. The Bertz CT molecular complexity index is 599. The van der Waals surface area contributed by atoms with Gasteiger partial charge < -0.3 is 9.64 Å². The minimum atomic E-state index is -0.424. The van der Waals surface area contributed by atoms with Gasteiger partial charge in [-0.25, -0.2) is 4.98 Å². The predicted molar refractivity (Wildman–Crippen MR) is 76.0 cm³/mol. The number of hydrogen-bond acceptors (Lipinski definition) is 5. The molecule has 0 spiro atoms. The van der Waals surface area contributed by atoms with Crippen LogP contribution in [0.1, 0.15) is 5.56 Å². The first-order chi connectivity index (χ1) is 9.61. The molecule has 0 N–H and O–H groups in total. The number of aromatic nitrogens is 1. The molecule has 0 saturated carbocycles. The van der Waals surface area contributed by atoms with Crippen LogP contribution in [-0.2, 0) is 6.54 Å². The molecule has 0 saturated heterocycles. The normalized spacial score (nSPS) is 10.1. The molecule has 2 rings (SSSR count). The van der Waals surface area contributed by atoms with Gasteiger partial charge in [-0.2, -0.15) is 0 Å². The van der Waals surface area contributed by atoms with Gasteiger partial charge in [-0.1, -0.05) is 12.1 Å². The highest BCUT2D eigenvalue weighted by Crippen LogP contribution is 2.25. The number of benzene rings is 1. The van der Waals surface area contributed by atoms with Gasteiger partial charge in [0.15, 0.2) is 0 Å². The predicted octanol–water partition coefficient (Wildman–Crippen LogP) is 2.63. The van der Waals surface area contributed by atoms with E-state index in [4.69, 9.17) is 4.74 Å². The Labute approximate surface area is 116 Å². The molecule has 104 valence electrons. The molecule has 0 fully saturated rings. The second-order valence-corrected chi connectivity index (χ2v) is 4.31. The van der Waals surface area contributed by atoms with E-state index in [0.29, 0.717) is 12.4 Å². The number of pyridine rings is 1.